The van der Waals surface area contributed by atoms with Gasteiger partial charge in [0.25, 0.3) is 0 Å². The van der Waals surface area contributed by atoms with E-state index in [-0.39, 0.29) is 5.69 Å². The van der Waals surface area contributed by atoms with Crippen LogP contribution in [0.15, 0.2) is 12.1 Å². The van der Waals surface area contributed by atoms with E-state index < -0.39 is 5.97 Å². The minimum Gasteiger partial charge on any atom is -0.464 e. The predicted molar refractivity (Wildman–Crippen MR) is 70.3 cm³/mol. The van der Waals surface area contributed by atoms with Crippen molar-refractivity contribution >= 4 is 23.4 Å². The van der Waals surface area contributed by atoms with Crippen molar-refractivity contribution in [3.63, 3.8) is 0 Å². The summed E-state index contributed by atoms with van der Waals surface area (Å²) in [5, 5.41) is 0.455. The minimum atomic E-state index is -0.499. The van der Waals surface area contributed by atoms with Gasteiger partial charge in [-0.05, 0) is 19.1 Å². The minimum absolute atomic E-state index is 0.205. The average Bonchev–Trinajstić information content (AvgIpc) is 2.38. The van der Waals surface area contributed by atoms with Gasteiger partial charge in [-0.25, -0.2) is 9.78 Å². The van der Waals surface area contributed by atoms with Crippen LogP contribution in [0.2, 0.25) is 5.02 Å². The van der Waals surface area contributed by atoms with E-state index in [9.17, 15) is 4.79 Å². The molecule has 1 rings (SSSR count). The lowest BCUT2D eigenvalue weighted by Crippen LogP contribution is -2.28. The molecule has 0 radical (unpaired) electrons. The van der Waals surface area contributed by atoms with Gasteiger partial charge in [-0.15, -0.1) is 0 Å². The zero-order chi connectivity index (χ0) is 13.5. The number of ether oxygens (including phenoxy) is 2. The third-order valence-electron chi connectivity index (χ3n) is 2.44. The third-order valence-corrected chi connectivity index (χ3v) is 2.66. The molecule has 6 heteroatoms. The predicted octanol–water partition coefficient (Wildman–Crippen LogP) is 1.99. The van der Waals surface area contributed by atoms with Crippen LogP contribution >= 0.6 is 11.6 Å². The number of likely N-dealkylation sites (N-methyl/N-ethyl adjacent to an activating group) is 1. The van der Waals surface area contributed by atoms with Crippen LogP contribution in [0.25, 0.3) is 0 Å². The highest BCUT2D eigenvalue weighted by Crippen LogP contribution is 2.19. The monoisotopic (exact) mass is 272 g/mol. The van der Waals surface area contributed by atoms with Gasteiger partial charge in [0.2, 0.25) is 0 Å². The SMILES string of the molecule is CCN(CCOC)c1cc(Cl)cc(C(=O)OC)n1. The highest BCUT2D eigenvalue weighted by atomic mass is 35.5. The molecule has 1 aromatic rings. The number of hydrogen-bond acceptors (Lipinski definition) is 5. The van der Waals surface area contributed by atoms with Gasteiger partial charge >= 0.3 is 5.97 Å². The summed E-state index contributed by atoms with van der Waals surface area (Å²) in [6, 6.07) is 3.20. The fourth-order valence-electron chi connectivity index (χ4n) is 1.49. The second-order valence-corrected chi connectivity index (χ2v) is 4.03. The van der Waals surface area contributed by atoms with Crippen molar-refractivity contribution in [3.05, 3.63) is 22.8 Å². The van der Waals surface area contributed by atoms with Crippen LogP contribution in [0.5, 0.6) is 0 Å². The molecular formula is C12H17ClN2O3. The van der Waals surface area contributed by atoms with E-state index in [2.05, 4.69) is 9.72 Å². The van der Waals surface area contributed by atoms with E-state index in [4.69, 9.17) is 16.3 Å². The number of aromatic nitrogens is 1. The summed E-state index contributed by atoms with van der Waals surface area (Å²) in [6.07, 6.45) is 0. The largest absolute Gasteiger partial charge is 0.464 e. The number of rotatable bonds is 6. The van der Waals surface area contributed by atoms with Crippen LogP contribution in [0.4, 0.5) is 5.82 Å². The first-order chi connectivity index (χ1) is 8.62. The second kappa shape index (κ2) is 7.18. The molecule has 0 fully saturated rings. The lowest BCUT2D eigenvalue weighted by Gasteiger charge is -2.22. The van der Waals surface area contributed by atoms with Crippen molar-refractivity contribution in [1.29, 1.82) is 0 Å². The Morgan fingerprint density at radius 1 is 1.44 bits per heavy atom. The Morgan fingerprint density at radius 3 is 2.72 bits per heavy atom. The van der Waals surface area contributed by atoms with Gasteiger partial charge in [-0.3, -0.25) is 0 Å². The van der Waals surface area contributed by atoms with Gasteiger partial charge in [0.1, 0.15) is 5.82 Å². The molecule has 0 aliphatic heterocycles. The fraction of sp³-hybridized carbons (Fsp3) is 0.500. The number of carbonyl (C=O) groups excluding carboxylic acids is 1. The van der Waals surface area contributed by atoms with Crippen LogP contribution in [0, 0.1) is 0 Å². The maximum Gasteiger partial charge on any atom is 0.356 e. The first-order valence-electron chi connectivity index (χ1n) is 5.62. The molecule has 0 saturated heterocycles. The molecule has 0 aliphatic carbocycles. The molecular weight excluding hydrogens is 256 g/mol. The molecule has 0 unspecified atom stereocenters. The molecule has 0 atom stereocenters. The summed E-state index contributed by atoms with van der Waals surface area (Å²) < 4.78 is 9.67. The Balaban J connectivity index is 2.99. The fourth-order valence-corrected chi connectivity index (χ4v) is 1.69. The number of carbonyl (C=O) groups is 1. The molecule has 5 nitrogen and oxygen atoms in total. The van der Waals surface area contributed by atoms with E-state index in [0.29, 0.717) is 24.0 Å². The van der Waals surface area contributed by atoms with Crippen molar-refractivity contribution in [3.8, 4) is 0 Å². The molecule has 100 valence electrons. The zero-order valence-electron chi connectivity index (χ0n) is 10.8. The molecule has 0 spiro atoms. The van der Waals surface area contributed by atoms with E-state index in [0.717, 1.165) is 6.54 Å². The number of esters is 1. The van der Waals surface area contributed by atoms with Crippen molar-refractivity contribution in [2.45, 2.75) is 6.92 Å². The van der Waals surface area contributed by atoms with Gasteiger partial charge in [-0.1, -0.05) is 11.6 Å². The van der Waals surface area contributed by atoms with Crippen LogP contribution < -0.4 is 4.90 Å². The number of halogens is 1. The van der Waals surface area contributed by atoms with Crippen LogP contribution in [-0.2, 0) is 9.47 Å². The van der Waals surface area contributed by atoms with E-state index in [1.807, 2.05) is 11.8 Å². The van der Waals surface area contributed by atoms with Crippen molar-refractivity contribution < 1.29 is 14.3 Å². The van der Waals surface area contributed by atoms with Crippen LogP contribution in [-0.4, -0.2) is 44.9 Å². The standard InChI is InChI=1S/C12H17ClN2O3/c1-4-15(5-6-17-2)11-8-9(13)7-10(14-11)12(16)18-3/h7-8H,4-6H2,1-3H3. The quantitative estimate of drug-likeness (QED) is 0.742. The summed E-state index contributed by atoms with van der Waals surface area (Å²) in [5.41, 5.74) is 0.205. The van der Waals surface area contributed by atoms with Gasteiger partial charge < -0.3 is 14.4 Å². The lowest BCUT2D eigenvalue weighted by molar-refractivity contribution is 0.0594. The summed E-state index contributed by atoms with van der Waals surface area (Å²) in [5.74, 6) is 0.143. The summed E-state index contributed by atoms with van der Waals surface area (Å²) in [4.78, 5) is 17.7. The number of hydrogen-bond donors (Lipinski definition) is 0. The van der Waals surface area contributed by atoms with Crippen molar-refractivity contribution in [1.82, 2.24) is 4.98 Å². The smallest absolute Gasteiger partial charge is 0.356 e. The van der Waals surface area contributed by atoms with Gasteiger partial charge in [0.05, 0.1) is 13.7 Å². The lowest BCUT2D eigenvalue weighted by atomic mass is 10.3. The number of nitrogens with zero attached hydrogens (tertiary/aromatic N) is 2. The Hall–Kier alpha value is -1.33. The molecule has 1 aromatic heterocycles. The molecule has 0 amide bonds. The molecule has 0 bridgehead atoms. The van der Waals surface area contributed by atoms with Gasteiger partial charge in [0.15, 0.2) is 5.69 Å². The Labute approximate surface area is 112 Å². The maximum atomic E-state index is 11.5. The highest BCUT2D eigenvalue weighted by Gasteiger charge is 2.13. The van der Waals surface area contributed by atoms with Gasteiger partial charge in [0, 0.05) is 25.2 Å². The Morgan fingerprint density at radius 2 is 2.17 bits per heavy atom. The van der Waals surface area contributed by atoms with Crippen LogP contribution in [0.3, 0.4) is 0 Å². The molecule has 0 aromatic carbocycles. The van der Waals surface area contributed by atoms with E-state index in [1.165, 1.54) is 13.2 Å². The van der Waals surface area contributed by atoms with Crippen molar-refractivity contribution in [2.75, 3.05) is 38.8 Å². The summed E-state index contributed by atoms with van der Waals surface area (Å²) in [7, 11) is 2.95. The van der Waals surface area contributed by atoms with E-state index in [1.54, 1.807) is 13.2 Å². The third kappa shape index (κ3) is 3.85. The second-order valence-electron chi connectivity index (χ2n) is 3.59. The molecule has 0 saturated carbocycles. The first-order valence-corrected chi connectivity index (χ1v) is 6.00. The van der Waals surface area contributed by atoms with Crippen LogP contribution in [0.1, 0.15) is 17.4 Å². The number of anilines is 1. The molecule has 0 aliphatic rings. The topological polar surface area (TPSA) is 51.7 Å². The maximum absolute atomic E-state index is 11.5. The number of methoxy groups -OCH3 is 2. The Bertz CT molecular complexity index is 412. The average molecular weight is 273 g/mol. The molecule has 18 heavy (non-hydrogen) atoms. The van der Waals surface area contributed by atoms with Crippen molar-refractivity contribution in [2.24, 2.45) is 0 Å². The van der Waals surface area contributed by atoms with E-state index >= 15 is 0 Å². The summed E-state index contributed by atoms with van der Waals surface area (Å²) >= 11 is 5.98. The zero-order valence-corrected chi connectivity index (χ0v) is 11.5. The molecule has 1 heterocycles. The number of pyridine rings is 1. The molecule has 0 N–H and O–H groups in total. The first kappa shape index (κ1) is 14.7. The van der Waals surface area contributed by atoms with Gasteiger partial charge in [-0.2, -0.15) is 0 Å². The Kier molecular flexibility index (Phi) is 5.88. The normalized spacial score (nSPS) is 10.2. The summed E-state index contributed by atoms with van der Waals surface area (Å²) in [6.45, 7) is 4.00. The highest BCUT2D eigenvalue weighted by molar-refractivity contribution is 6.31.